The predicted octanol–water partition coefficient (Wildman–Crippen LogP) is 5.82. The third-order valence-electron chi connectivity index (χ3n) is 7.03. The zero-order valence-electron chi connectivity index (χ0n) is 19.0. The summed E-state index contributed by atoms with van der Waals surface area (Å²) < 4.78 is 40.8. The zero-order chi connectivity index (χ0) is 24.0. The molecule has 0 fully saturated rings. The molecule has 1 amide bonds. The maximum atomic E-state index is 13.9. The van der Waals surface area contributed by atoms with E-state index in [9.17, 15) is 18.0 Å². The smallest absolute Gasteiger partial charge is 0.217 e. The zero-order valence-corrected chi connectivity index (χ0v) is 19.0. The quantitative estimate of drug-likeness (QED) is 0.585. The van der Waals surface area contributed by atoms with E-state index in [1.54, 1.807) is 12.1 Å². The van der Waals surface area contributed by atoms with Crippen LogP contribution in [0, 0.1) is 29.3 Å². The molecule has 2 aromatic rings. The molecule has 7 heteroatoms. The van der Waals surface area contributed by atoms with Gasteiger partial charge in [0.15, 0.2) is 11.6 Å². The predicted molar refractivity (Wildman–Crippen MR) is 125 cm³/mol. The number of hydrazine groups is 1. The Bertz CT molecular complexity index is 1230. The minimum atomic E-state index is -0.916. The standard InChI is InChI=1S/C27H26F3N3O/c1-15-22-14-31-33(21-8-6-20(28)7-9-21)26(22)13-19-4-3-18(27(15)19)12-25(32-16(2)34)17-5-10-23(29)24(30)11-17/h5-11,13-15,18,25,31H,3-4,12H2,1-2H3,(H,32,34)/t15-,18+,25?/m0/s1. The van der Waals surface area contributed by atoms with Crippen LogP contribution in [0.1, 0.15) is 44.7 Å². The van der Waals surface area contributed by atoms with Crippen LogP contribution in [0.4, 0.5) is 18.9 Å². The van der Waals surface area contributed by atoms with Gasteiger partial charge in [-0.3, -0.25) is 9.80 Å². The molecule has 2 aromatic carbocycles. The molecule has 3 atom stereocenters. The number of hydrogen-bond acceptors (Lipinski definition) is 3. The summed E-state index contributed by atoms with van der Waals surface area (Å²) >= 11 is 0. The Kier molecular flexibility index (Phi) is 5.71. The van der Waals surface area contributed by atoms with Gasteiger partial charge in [-0.25, -0.2) is 13.2 Å². The maximum absolute atomic E-state index is 13.9. The van der Waals surface area contributed by atoms with E-state index >= 15 is 0 Å². The van der Waals surface area contributed by atoms with Crippen molar-refractivity contribution in [1.82, 2.24) is 10.7 Å². The number of carbonyl (C=O) groups is 1. The molecule has 0 saturated carbocycles. The summed E-state index contributed by atoms with van der Waals surface area (Å²) in [5, 5.41) is 4.89. The van der Waals surface area contributed by atoms with Gasteiger partial charge in [0.05, 0.1) is 17.4 Å². The van der Waals surface area contributed by atoms with Crippen LogP contribution in [0.2, 0.25) is 0 Å². The molecule has 5 rings (SSSR count). The second-order valence-corrected chi connectivity index (χ2v) is 9.17. The van der Waals surface area contributed by atoms with E-state index in [1.807, 2.05) is 11.2 Å². The number of allylic oxidation sites excluding steroid dienone is 4. The summed E-state index contributed by atoms with van der Waals surface area (Å²) in [5.74, 6) is -1.95. The van der Waals surface area contributed by atoms with Crippen molar-refractivity contribution in [2.24, 2.45) is 11.8 Å². The number of anilines is 1. The van der Waals surface area contributed by atoms with Crippen LogP contribution in [0.5, 0.6) is 0 Å². The number of fused-ring (bicyclic) bond motifs is 1. The van der Waals surface area contributed by atoms with Gasteiger partial charge in [0.25, 0.3) is 0 Å². The molecule has 34 heavy (non-hydrogen) atoms. The van der Waals surface area contributed by atoms with Crippen molar-refractivity contribution in [2.75, 3.05) is 5.01 Å². The molecular weight excluding hydrogens is 439 g/mol. The molecule has 0 bridgehead atoms. The molecule has 3 aliphatic rings. The molecule has 0 saturated heterocycles. The highest BCUT2D eigenvalue weighted by Crippen LogP contribution is 2.49. The van der Waals surface area contributed by atoms with Crippen LogP contribution >= 0.6 is 0 Å². The van der Waals surface area contributed by atoms with Crippen LogP contribution in [-0.4, -0.2) is 5.91 Å². The van der Waals surface area contributed by atoms with Crippen molar-refractivity contribution < 1.29 is 18.0 Å². The third-order valence-corrected chi connectivity index (χ3v) is 7.03. The molecule has 1 unspecified atom stereocenters. The first kappa shape index (κ1) is 22.3. The molecular formula is C27H26F3N3O. The van der Waals surface area contributed by atoms with E-state index in [-0.39, 0.29) is 23.6 Å². The fourth-order valence-electron chi connectivity index (χ4n) is 5.50. The SMILES string of the molecule is CC(=O)NC(C[C@H]1CCC2=C1[C@@H](C)C1=CNN(c3ccc(F)cc3)C1=C2)c1ccc(F)c(F)c1. The van der Waals surface area contributed by atoms with E-state index in [1.165, 1.54) is 42.3 Å². The summed E-state index contributed by atoms with van der Waals surface area (Å²) in [5.41, 5.74) is 9.52. The van der Waals surface area contributed by atoms with Gasteiger partial charge < -0.3 is 10.7 Å². The largest absolute Gasteiger partial charge is 0.350 e. The number of rotatable bonds is 5. The van der Waals surface area contributed by atoms with Gasteiger partial charge in [0.1, 0.15) is 5.82 Å². The fraction of sp³-hybridized carbons (Fsp3) is 0.296. The van der Waals surface area contributed by atoms with Crippen molar-refractivity contribution in [3.63, 3.8) is 0 Å². The molecule has 4 nitrogen and oxygen atoms in total. The molecule has 0 aromatic heterocycles. The summed E-state index contributed by atoms with van der Waals surface area (Å²) in [4.78, 5) is 11.9. The van der Waals surface area contributed by atoms with Crippen LogP contribution in [0.15, 0.2) is 77.2 Å². The van der Waals surface area contributed by atoms with Crippen molar-refractivity contribution in [3.8, 4) is 0 Å². The number of carbonyl (C=O) groups excluding carboxylic acids is 1. The van der Waals surface area contributed by atoms with Gasteiger partial charge >= 0.3 is 0 Å². The summed E-state index contributed by atoms with van der Waals surface area (Å²) in [6, 6.07) is 9.78. The minimum absolute atomic E-state index is 0.156. The van der Waals surface area contributed by atoms with Gasteiger partial charge in [-0.2, -0.15) is 0 Å². The lowest BCUT2D eigenvalue weighted by molar-refractivity contribution is -0.119. The molecule has 1 aliphatic heterocycles. The van der Waals surface area contributed by atoms with Crippen LogP contribution in [-0.2, 0) is 4.79 Å². The number of nitrogens with zero attached hydrogens (tertiary/aromatic N) is 1. The van der Waals surface area contributed by atoms with Gasteiger partial charge in [-0.15, -0.1) is 0 Å². The first-order chi connectivity index (χ1) is 16.3. The Morgan fingerprint density at radius 2 is 1.91 bits per heavy atom. The fourth-order valence-corrected chi connectivity index (χ4v) is 5.50. The van der Waals surface area contributed by atoms with Crippen molar-refractivity contribution in [1.29, 1.82) is 0 Å². The number of benzene rings is 2. The molecule has 2 aliphatic carbocycles. The first-order valence-corrected chi connectivity index (χ1v) is 11.5. The Hall–Kier alpha value is -3.48. The van der Waals surface area contributed by atoms with Gasteiger partial charge in [0.2, 0.25) is 5.91 Å². The first-order valence-electron chi connectivity index (χ1n) is 11.5. The molecule has 0 radical (unpaired) electrons. The number of amides is 1. The third kappa shape index (κ3) is 4.00. The van der Waals surface area contributed by atoms with E-state index < -0.39 is 17.7 Å². The van der Waals surface area contributed by atoms with Gasteiger partial charge in [-0.05, 0) is 78.8 Å². The van der Waals surface area contributed by atoms with E-state index in [2.05, 4.69) is 23.7 Å². The molecule has 2 N–H and O–H groups in total. The monoisotopic (exact) mass is 465 g/mol. The van der Waals surface area contributed by atoms with E-state index in [0.717, 1.165) is 35.9 Å². The normalized spacial score (nSPS) is 22.0. The minimum Gasteiger partial charge on any atom is -0.350 e. The van der Waals surface area contributed by atoms with Crippen molar-refractivity contribution in [3.05, 3.63) is 100 Å². The topological polar surface area (TPSA) is 44.4 Å². The maximum Gasteiger partial charge on any atom is 0.217 e. The second-order valence-electron chi connectivity index (χ2n) is 9.17. The lowest BCUT2D eigenvalue weighted by Crippen LogP contribution is -2.30. The molecule has 1 heterocycles. The summed E-state index contributed by atoms with van der Waals surface area (Å²) in [6.07, 6.45) is 6.62. The highest BCUT2D eigenvalue weighted by atomic mass is 19.2. The summed E-state index contributed by atoms with van der Waals surface area (Å²) in [6.45, 7) is 3.61. The van der Waals surface area contributed by atoms with Crippen molar-refractivity contribution >= 4 is 11.6 Å². The average molecular weight is 466 g/mol. The number of hydrogen-bond donors (Lipinski definition) is 2. The van der Waals surface area contributed by atoms with Crippen LogP contribution < -0.4 is 15.8 Å². The van der Waals surface area contributed by atoms with Crippen molar-refractivity contribution in [2.45, 2.75) is 39.2 Å². The average Bonchev–Trinajstić information content (AvgIpc) is 3.40. The molecule has 176 valence electrons. The van der Waals surface area contributed by atoms with Gasteiger partial charge in [0, 0.05) is 24.6 Å². The summed E-state index contributed by atoms with van der Waals surface area (Å²) in [7, 11) is 0. The number of halogens is 3. The van der Waals surface area contributed by atoms with Crippen LogP contribution in [0.3, 0.4) is 0 Å². The van der Waals surface area contributed by atoms with Gasteiger partial charge in [-0.1, -0.05) is 18.6 Å². The lowest BCUT2D eigenvalue weighted by atomic mass is 9.78. The number of nitrogens with one attached hydrogen (secondary N) is 2. The highest BCUT2D eigenvalue weighted by Gasteiger charge is 2.39. The highest BCUT2D eigenvalue weighted by molar-refractivity contribution is 5.73. The van der Waals surface area contributed by atoms with Crippen LogP contribution in [0.25, 0.3) is 0 Å². The lowest BCUT2D eigenvalue weighted by Gasteiger charge is -2.31. The Morgan fingerprint density at radius 1 is 1.15 bits per heavy atom. The van der Waals surface area contributed by atoms with E-state index in [0.29, 0.717) is 12.0 Å². The van der Waals surface area contributed by atoms with E-state index in [4.69, 9.17) is 0 Å². The Morgan fingerprint density at radius 3 is 2.62 bits per heavy atom. The Labute approximate surface area is 196 Å². The molecule has 0 spiro atoms. The second kappa shape index (κ2) is 8.70. The Balaban J connectivity index is 1.43.